The van der Waals surface area contributed by atoms with E-state index < -0.39 is 5.97 Å². The summed E-state index contributed by atoms with van der Waals surface area (Å²) in [5.41, 5.74) is 2.73. The van der Waals surface area contributed by atoms with Crippen molar-refractivity contribution >= 4 is 17.7 Å². The van der Waals surface area contributed by atoms with Gasteiger partial charge in [0, 0.05) is 12.6 Å². The van der Waals surface area contributed by atoms with Crippen molar-refractivity contribution in [2.24, 2.45) is 0 Å². The fourth-order valence-electron chi connectivity index (χ4n) is 2.83. The van der Waals surface area contributed by atoms with Crippen molar-refractivity contribution in [3.05, 3.63) is 71.1 Å². The molecule has 3 aromatic rings. The van der Waals surface area contributed by atoms with Crippen molar-refractivity contribution in [3.63, 3.8) is 0 Å². The Kier molecular flexibility index (Phi) is 6.81. The van der Waals surface area contributed by atoms with Gasteiger partial charge in [-0.1, -0.05) is 36.4 Å². The molecule has 150 valence electrons. The zero-order chi connectivity index (χ0) is 21.3. The minimum Gasteiger partial charge on any atom is -0.476 e. The van der Waals surface area contributed by atoms with Crippen LogP contribution in [0.25, 0.3) is 11.7 Å². The number of benzene rings is 1. The lowest BCUT2D eigenvalue weighted by Gasteiger charge is -2.06. The van der Waals surface area contributed by atoms with E-state index in [1.165, 1.54) is 6.08 Å². The van der Waals surface area contributed by atoms with Gasteiger partial charge in [-0.05, 0) is 36.6 Å². The van der Waals surface area contributed by atoms with Crippen molar-refractivity contribution < 1.29 is 14.3 Å². The highest BCUT2D eigenvalue weighted by Crippen LogP contribution is 2.25. The standard InChI is InChI=1S/C23H20N4O3/c1-17-8-7-12-27-20(22(26-21(17)27)29-13-6-5-11-24)14-19(15-25)23(28)30-16-18-9-3-2-4-10-18/h2-4,7-10,12,14H,5-6,13,16H2,1H3. The number of ether oxygens (including phenoxy) is 2. The van der Waals surface area contributed by atoms with Gasteiger partial charge in [0.25, 0.3) is 0 Å². The number of imidazole rings is 1. The molecule has 0 amide bonds. The van der Waals surface area contributed by atoms with Gasteiger partial charge in [0.2, 0.25) is 5.88 Å². The molecule has 7 nitrogen and oxygen atoms in total. The summed E-state index contributed by atoms with van der Waals surface area (Å²) < 4.78 is 12.8. The fraction of sp³-hybridized carbons (Fsp3) is 0.217. The monoisotopic (exact) mass is 400 g/mol. The first-order valence-corrected chi connectivity index (χ1v) is 9.44. The van der Waals surface area contributed by atoms with E-state index in [1.807, 2.05) is 55.5 Å². The largest absolute Gasteiger partial charge is 0.476 e. The third kappa shape index (κ3) is 4.84. The number of pyridine rings is 1. The van der Waals surface area contributed by atoms with Crippen molar-refractivity contribution in [2.45, 2.75) is 26.4 Å². The molecule has 0 fully saturated rings. The second-order valence-electron chi connectivity index (χ2n) is 6.53. The van der Waals surface area contributed by atoms with Crippen LogP contribution in [0.2, 0.25) is 0 Å². The third-order valence-corrected chi connectivity index (χ3v) is 4.35. The molecule has 1 aromatic carbocycles. The molecule has 0 saturated heterocycles. The molecule has 2 heterocycles. The summed E-state index contributed by atoms with van der Waals surface area (Å²) in [6.07, 6.45) is 4.13. The number of carbonyl (C=O) groups is 1. The van der Waals surface area contributed by atoms with E-state index >= 15 is 0 Å². The first-order valence-electron chi connectivity index (χ1n) is 9.44. The molecule has 0 radical (unpaired) electrons. The lowest BCUT2D eigenvalue weighted by atomic mass is 10.2. The van der Waals surface area contributed by atoms with Gasteiger partial charge in [-0.25, -0.2) is 4.79 Å². The van der Waals surface area contributed by atoms with Gasteiger partial charge in [-0.2, -0.15) is 15.5 Å². The highest BCUT2D eigenvalue weighted by molar-refractivity contribution is 5.98. The van der Waals surface area contributed by atoms with Crippen LogP contribution in [0.4, 0.5) is 0 Å². The number of hydrogen-bond donors (Lipinski definition) is 0. The molecule has 0 atom stereocenters. The van der Waals surface area contributed by atoms with Crippen LogP contribution >= 0.6 is 0 Å². The number of aromatic nitrogens is 2. The van der Waals surface area contributed by atoms with E-state index in [0.717, 1.165) is 11.1 Å². The SMILES string of the molecule is Cc1cccn2c(C=C(C#N)C(=O)OCc3ccccc3)c(OCCCC#N)nc12. The van der Waals surface area contributed by atoms with Crippen LogP contribution in [0.15, 0.2) is 54.2 Å². The molecule has 0 saturated carbocycles. The molecule has 7 heteroatoms. The van der Waals surface area contributed by atoms with E-state index in [-0.39, 0.29) is 12.2 Å². The summed E-state index contributed by atoms with van der Waals surface area (Å²) in [5.74, 6) is -0.426. The average molecular weight is 400 g/mol. The zero-order valence-electron chi connectivity index (χ0n) is 16.5. The lowest BCUT2D eigenvalue weighted by Crippen LogP contribution is -2.07. The fourth-order valence-corrected chi connectivity index (χ4v) is 2.83. The smallest absolute Gasteiger partial charge is 0.349 e. The Balaban J connectivity index is 1.89. The number of carbonyl (C=O) groups excluding carboxylic acids is 1. The minimum atomic E-state index is -0.723. The molecular formula is C23H20N4O3. The van der Waals surface area contributed by atoms with E-state index in [4.69, 9.17) is 14.7 Å². The van der Waals surface area contributed by atoms with Crippen molar-refractivity contribution in [2.75, 3.05) is 6.61 Å². The first kappa shape index (κ1) is 20.6. The number of hydrogen-bond acceptors (Lipinski definition) is 6. The van der Waals surface area contributed by atoms with Crippen molar-refractivity contribution in [1.29, 1.82) is 10.5 Å². The van der Waals surface area contributed by atoms with E-state index in [9.17, 15) is 10.1 Å². The van der Waals surface area contributed by atoms with Gasteiger partial charge in [0.05, 0.1) is 12.7 Å². The van der Waals surface area contributed by atoms with Crippen LogP contribution in [-0.4, -0.2) is 22.0 Å². The van der Waals surface area contributed by atoms with E-state index in [1.54, 1.807) is 10.6 Å². The summed E-state index contributed by atoms with van der Waals surface area (Å²) in [6, 6.07) is 17.0. The first-order chi connectivity index (χ1) is 14.6. The summed E-state index contributed by atoms with van der Waals surface area (Å²) in [5, 5.41) is 18.2. The van der Waals surface area contributed by atoms with Crippen LogP contribution in [0.5, 0.6) is 5.88 Å². The highest BCUT2D eigenvalue weighted by Gasteiger charge is 2.18. The summed E-state index contributed by atoms with van der Waals surface area (Å²) in [6.45, 7) is 2.29. The summed E-state index contributed by atoms with van der Waals surface area (Å²) >= 11 is 0. The molecule has 0 aliphatic carbocycles. The molecule has 0 aliphatic heterocycles. The van der Waals surface area contributed by atoms with Gasteiger partial charge >= 0.3 is 5.97 Å². The van der Waals surface area contributed by atoms with Crippen molar-refractivity contribution in [3.8, 4) is 18.0 Å². The Morgan fingerprint density at radius 2 is 2.00 bits per heavy atom. The second-order valence-corrected chi connectivity index (χ2v) is 6.53. The highest BCUT2D eigenvalue weighted by atomic mass is 16.5. The Hall–Kier alpha value is -4.10. The average Bonchev–Trinajstić information content (AvgIpc) is 3.12. The minimum absolute atomic E-state index is 0.0719. The Morgan fingerprint density at radius 1 is 1.20 bits per heavy atom. The molecule has 0 spiro atoms. The van der Waals surface area contributed by atoms with Gasteiger partial charge in [0.1, 0.15) is 29.6 Å². The summed E-state index contributed by atoms with van der Waals surface area (Å²) in [4.78, 5) is 17.0. The van der Waals surface area contributed by atoms with E-state index in [2.05, 4.69) is 11.1 Å². The van der Waals surface area contributed by atoms with Crippen LogP contribution in [0.1, 0.15) is 29.7 Å². The Morgan fingerprint density at radius 3 is 2.73 bits per heavy atom. The third-order valence-electron chi connectivity index (χ3n) is 4.35. The Labute approximate surface area is 174 Å². The molecular weight excluding hydrogens is 380 g/mol. The molecule has 0 bridgehead atoms. The lowest BCUT2D eigenvalue weighted by molar-refractivity contribution is -0.139. The number of rotatable bonds is 8. The normalized spacial score (nSPS) is 11.0. The van der Waals surface area contributed by atoms with Gasteiger partial charge in [-0.15, -0.1) is 0 Å². The topological polar surface area (TPSA) is 100 Å². The maximum atomic E-state index is 12.5. The number of nitrogens with zero attached hydrogens (tertiary/aromatic N) is 4. The number of fused-ring (bicyclic) bond motifs is 1. The number of aryl methyl sites for hydroxylation is 1. The van der Waals surface area contributed by atoms with Gasteiger partial charge in [-0.3, -0.25) is 4.40 Å². The molecule has 30 heavy (non-hydrogen) atoms. The molecule has 3 rings (SSSR count). The molecule has 0 aliphatic rings. The number of nitriles is 2. The van der Waals surface area contributed by atoms with Crippen LogP contribution in [-0.2, 0) is 16.1 Å². The summed E-state index contributed by atoms with van der Waals surface area (Å²) in [7, 11) is 0. The predicted octanol–water partition coefficient (Wildman–Crippen LogP) is 3.98. The van der Waals surface area contributed by atoms with Crippen LogP contribution in [0.3, 0.4) is 0 Å². The maximum Gasteiger partial charge on any atom is 0.349 e. The molecule has 0 unspecified atom stereocenters. The van der Waals surface area contributed by atoms with Crippen LogP contribution in [0, 0.1) is 29.6 Å². The molecule has 0 N–H and O–H groups in total. The predicted molar refractivity (Wildman–Crippen MR) is 110 cm³/mol. The zero-order valence-corrected chi connectivity index (χ0v) is 16.5. The number of esters is 1. The maximum absolute atomic E-state index is 12.5. The van der Waals surface area contributed by atoms with Crippen LogP contribution < -0.4 is 4.74 Å². The van der Waals surface area contributed by atoms with Gasteiger partial charge in [0.15, 0.2) is 0 Å². The van der Waals surface area contributed by atoms with Crippen molar-refractivity contribution in [1.82, 2.24) is 9.38 Å². The number of unbranched alkanes of at least 4 members (excludes halogenated alkanes) is 1. The molecule has 2 aromatic heterocycles. The Bertz CT molecular complexity index is 1150. The van der Waals surface area contributed by atoms with E-state index in [0.29, 0.717) is 36.7 Å². The second kappa shape index (κ2) is 9.90. The van der Waals surface area contributed by atoms with Gasteiger partial charge < -0.3 is 9.47 Å². The quantitative estimate of drug-likeness (QED) is 0.245.